The van der Waals surface area contributed by atoms with Crippen LogP contribution >= 0.6 is 11.6 Å². The molecule has 1 saturated heterocycles. The Morgan fingerprint density at radius 3 is 2.95 bits per heavy atom. The lowest BCUT2D eigenvalue weighted by Crippen LogP contribution is -2.29. The van der Waals surface area contributed by atoms with Crippen LogP contribution < -0.4 is 10.5 Å². The number of nitrogens with one attached hydrogen (secondary N) is 1. The third-order valence-corrected chi connectivity index (χ3v) is 4.33. The molecule has 0 unspecified atom stereocenters. The fourth-order valence-electron chi connectivity index (χ4n) is 2.87. The number of nitrogens with zero attached hydrogens (tertiary/aromatic N) is 2. The standard InChI is InChI=1S/C15H15ClFN3O/c1-10-4-2-3-5-11(10)15(17)6-7-20(9-15)12-8-18-19-14(21)13(12)16/h2-5,8H,6-7,9H2,1H3,(H,19,21)/t15-/m1/s1. The number of hydrogen-bond donors (Lipinski definition) is 1. The summed E-state index contributed by atoms with van der Waals surface area (Å²) in [5, 5.41) is 6.06. The van der Waals surface area contributed by atoms with Gasteiger partial charge in [0, 0.05) is 13.0 Å². The molecule has 21 heavy (non-hydrogen) atoms. The van der Waals surface area contributed by atoms with Gasteiger partial charge in [0.15, 0.2) is 5.67 Å². The van der Waals surface area contributed by atoms with E-state index in [9.17, 15) is 4.79 Å². The number of H-pyrrole nitrogens is 1. The van der Waals surface area contributed by atoms with Gasteiger partial charge in [0.1, 0.15) is 5.02 Å². The number of rotatable bonds is 2. The van der Waals surface area contributed by atoms with Crippen LogP contribution in [0.15, 0.2) is 35.3 Å². The number of benzene rings is 1. The fraction of sp³-hybridized carbons (Fsp3) is 0.333. The summed E-state index contributed by atoms with van der Waals surface area (Å²) < 4.78 is 15.3. The molecule has 2 heterocycles. The third-order valence-electron chi connectivity index (χ3n) is 3.97. The van der Waals surface area contributed by atoms with Crippen molar-refractivity contribution in [1.82, 2.24) is 10.2 Å². The van der Waals surface area contributed by atoms with Crippen molar-refractivity contribution in [1.29, 1.82) is 0 Å². The molecule has 1 aliphatic heterocycles. The predicted octanol–water partition coefficient (Wildman–Crippen LogP) is 2.81. The van der Waals surface area contributed by atoms with E-state index in [-0.39, 0.29) is 11.6 Å². The van der Waals surface area contributed by atoms with Gasteiger partial charge in [0.25, 0.3) is 5.56 Å². The van der Waals surface area contributed by atoms with Crippen molar-refractivity contribution in [2.45, 2.75) is 19.0 Å². The quantitative estimate of drug-likeness (QED) is 0.928. The Bertz CT molecular complexity index is 733. The second kappa shape index (κ2) is 5.15. The molecule has 1 fully saturated rings. The molecule has 0 spiro atoms. The molecule has 0 amide bonds. The SMILES string of the molecule is Cc1ccccc1[C@@]1(F)CCN(c2cn[nH]c(=O)c2Cl)C1. The van der Waals surface area contributed by atoms with Gasteiger partial charge >= 0.3 is 0 Å². The van der Waals surface area contributed by atoms with Gasteiger partial charge in [-0.1, -0.05) is 35.9 Å². The fourth-order valence-corrected chi connectivity index (χ4v) is 3.08. The molecular formula is C15H15ClFN3O. The number of aromatic amines is 1. The van der Waals surface area contributed by atoms with Gasteiger partial charge in [-0.15, -0.1) is 0 Å². The van der Waals surface area contributed by atoms with E-state index < -0.39 is 11.2 Å². The smallest absolute Gasteiger partial charge is 0.285 e. The van der Waals surface area contributed by atoms with Gasteiger partial charge in [0.2, 0.25) is 0 Å². The molecule has 0 saturated carbocycles. The first-order valence-corrected chi connectivity index (χ1v) is 7.12. The van der Waals surface area contributed by atoms with Crippen LogP contribution in [0.3, 0.4) is 0 Å². The average molecular weight is 308 g/mol. The van der Waals surface area contributed by atoms with E-state index in [1.54, 1.807) is 4.90 Å². The number of hydrogen-bond acceptors (Lipinski definition) is 3. The lowest BCUT2D eigenvalue weighted by atomic mass is 9.91. The minimum absolute atomic E-state index is 0.0547. The van der Waals surface area contributed by atoms with Gasteiger partial charge < -0.3 is 4.90 Å². The molecule has 1 aromatic carbocycles. The zero-order chi connectivity index (χ0) is 15.0. The molecule has 1 aliphatic rings. The van der Waals surface area contributed by atoms with Crippen molar-refractivity contribution in [3.05, 3.63) is 57.0 Å². The second-order valence-corrected chi connectivity index (χ2v) is 5.73. The molecule has 0 radical (unpaired) electrons. The van der Waals surface area contributed by atoms with Crippen molar-refractivity contribution in [3.63, 3.8) is 0 Å². The second-order valence-electron chi connectivity index (χ2n) is 5.35. The van der Waals surface area contributed by atoms with Crippen LogP contribution in [0, 0.1) is 6.92 Å². The summed E-state index contributed by atoms with van der Waals surface area (Å²) in [6.07, 6.45) is 1.83. The van der Waals surface area contributed by atoms with Crippen LogP contribution in [0.4, 0.5) is 10.1 Å². The monoisotopic (exact) mass is 307 g/mol. The Balaban J connectivity index is 1.93. The summed E-state index contributed by atoms with van der Waals surface area (Å²) in [6, 6.07) is 7.46. The van der Waals surface area contributed by atoms with E-state index in [2.05, 4.69) is 10.2 Å². The molecule has 1 atom stereocenters. The molecule has 0 aliphatic carbocycles. The summed E-state index contributed by atoms with van der Waals surface area (Å²) in [5.41, 5.74) is 0.213. The number of anilines is 1. The van der Waals surface area contributed by atoms with Gasteiger partial charge in [0.05, 0.1) is 18.4 Å². The molecule has 1 N–H and O–H groups in total. The summed E-state index contributed by atoms with van der Waals surface area (Å²) in [4.78, 5) is 13.3. The highest BCUT2D eigenvalue weighted by atomic mass is 35.5. The number of halogens is 2. The maximum Gasteiger partial charge on any atom is 0.285 e. The predicted molar refractivity (Wildman–Crippen MR) is 80.7 cm³/mol. The van der Waals surface area contributed by atoms with Crippen molar-refractivity contribution in [3.8, 4) is 0 Å². The van der Waals surface area contributed by atoms with E-state index in [1.165, 1.54) is 6.20 Å². The topological polar surface area (TPSA) is 49.0 Å². The molecule has 0 bridgehead atoms. The summed E-state index contributed by atoms with van der Waals surface area (Å²) in [6.45, 7) is 2.57. The summed E-state index contributed by atoms with van der Waals surface area (Å²) >= 11 is 6.00. The van der Waals surface area contributed by atoms with Crippen molar-refractivity contribution >= 4 is 17.3 Å². The van der Waals surface area contributed by atoms with Crippen LogP contribution in [0.2, 0.25) is 5.02 Å². The third kappa shape index (κ3) is 2.42. The van der Waals surface area contributed by atoms with Crippen molar-refractivity contribution < 1.29 is 4.39 Å². The van der Waals surface area contributed by atoms with Gasteiger partial charge in [-0.05, 0) is 18.1 Å². The normalized spacial score (nSPS) is 21.8. The lowest BCUT2D eigenvalue weighted by molar-refractivity contribution is 0.195. The van der Waals surface area contributed by atoms with E-state index in [4.69, 9.17) is 11.6 Å². The van der Waals surface area contributed by atoms with Crippen LogP contribution in [0.5, 0.6) is 0 Å². The molecule has 4 nitrogen and oxygen atoms in total. The Morgan fingerprint density at radius 2 is 2.19 bits per heavy atom. The maximum atomic E-state index is 15.3. The largest absolute Gasteiger partial charge is 0.365 e. The van der Waals surface area contributed by atoms with Crippen LogP contribution in [0.25, 0.3) is 0 Å². The van der Waals surface area contributed by atoms with Crippen LogP contribution in [-0.2, 0) is 5.67 Å². The van der Waals surface area contributed by atoms with Crippen molar-refractivity contribution in [2.24, 2.45) is 0 Å². The summed E-state index contributed by atoms with van der Waals surface area (Å²) in [7, 11) is 0. The van der Waals surface area contributed by atoms with E-state index in [1.807, 2.05) is 31.2 Å². The number of alkyl halides is 1. The average Bonchev–Trinajstić information content (AvgIpc) is 2.86. The Morgan fingerprint density at radius 1 is 1.43 bits per heavy atom. The molecular weight excluding hydrogens is 293 g/mol. The first-order valence-electron chi connectivity index (χ1n) is 6.74. The highest BCUT2D eigenvalue weighted by Crippen LogP contribution is 2.40. The van der Waals surface area contributed by atoms with Crippen LogP contribution in [0.1, 0.15) is 17.5 Å². The minimum atomic E-state index is -1.43. The van der Waals surface area contributed by atoms with Gasteiger partial charge in [-0.2, -0.15) is 5.10 Å². The van der Waals surface area contributed by atoms with Gasteiger partial charge in [-0.3, -0.25) is 4.79 Å². The molecule has 6 heteroatoms. The minimum Gasteiger partial charge on any atom is -0.365 e. The molecule has 110 valence electrons. The summed E-state index contributed by atoms with van der Waals surface area (Å²) in [5.74, 6) is 0. The van der Waals surface area contributed by atoms with E-state index in [0.717, 1.165) is 5.56 Å². The Kier molecular flexibility index (Phi) is 3.45. The molecule has 2 aromatic rings. The van der Waals surface area contributed by atoms with Crippen molar-refractivity contribution in [2.75, 3.05) is 18.0 Å². The highest BCUT2D eigenvalue weighted by molar-refractivity contribution is 6.33. The van der Waals surface area contributed by atoms with E-state index >= 15 is 4.39 Å². The van der Waals surface area contributed by atoms with Gasteiger partial charge in [-0.25, -0.2) is 9.49 Å². The zero-order valence-corrected chi connectivity index (χ0v) is 12.3. The van der Waals surface area contributed by atoms with Crippen LogP contribution in [-0.4, -0.2) is 23.3 Å². The maximum absolute atomic E-state index is 15.3. The Hall–Kier alpha value is -1.88. The Labute approximate surface area is 126 Å². The first kappa shape index (κ1) is 14.1. The number of aryl methyl sites for hydroxylation is 1. The molecule has 1 aromatic heterocycles. The highest BCUT2D eigenvalue weighted by Gasteiger charge is 2.41. The molecule has 3 rings (SSSR count). The number of aromatic nitrogens is 2. The zero-order valence-electron chi connectivity index (χ0n) is 11.6. The van der Waals surface area contributed by atoms with E-state index in [0.29, 0.717) is 24.2 Å². The first-order chi connectivity index (χ1) is 10.0. The lowest BCUT2D eigenvalue weighted by Gasteiger charge is -2.24.